The van der Waals surface area contributed by atoms with Gasteiger partial charge < -0.3 is 24.4 Å². The Hall–Kier alpha value is -2.94. The number of amidine groups is 1. The van der Waals surface area contributed by atoms with Crippen molar-refractivity contribution in [1.82, 2.24) is 10.2 Å². The van der Waals surface area contributed by atoms with Crippen LogP contribution < -0.4 is 14.8 Å². The molecule has 9 heteroatoms. The van der Waals surface area contributed by atoms with Crippen molar-refractivity contribution in [2.45, 2.75) is 45.2 Å². The first-order valence-electron chi connectivity index (χ1n) is 10.6. The minimum Gasteiger partial charge on any atom is -0.497 e. The molecule has 8 nitrogen and oxygen atoms in total. The molecule has 0 radical (unpaired) electrons. The Morgan fingerprint density at radius 1 is 1.25 bits per heavy atom. The molecule has 1 aromatic rings. The minimum atomic E-state index is -0.568. The third-order valence-corrected chi connectivity index (χ3v) is 6.40. The predicted octanol–water partition coefficient (Wildman–Crippen LogP) is 3.51. The molecule has 170 valence electrons. The van der Waals surface area contributed by atoms with Gasteiger partial charge in [0.05, 0.1) is 44.6 Å². The molecular weight excluding hydrogens is 430 g/mol. The van der Waals surface area contributed by atoms with Gasteiger partial charge in [0.25, 0.3) is 0 Å². The normalized spacial score (nSPS) is 19.8. The molecule has 2 aliphatic heterocycles. The summed E-state index contributed by atoms with van der Waals surface area (Å²) in [5, 5.41) is 5.66. The van der Waals surface area contributed by atoms with E-state index in [-0.39, 0.29) is 25.0 Å². The minimum absolute atomic E-state index is 0.0408. The lowest BCUT2D eigenvalue weighted by Crippen LogP contribution is -2.38. The van der Waals surface area contributed by atoms with E-state index in [9.17, 15) is 9.59 Å². The maximum absolute atomic E-state index is 13.1. The summed E-state index contributed by atoms with van der Waals surface area (Å²) in [4.78, 5) is 32.3. The number of rotatable bonds is 8. The van der Waals surface area contributed by atoms with Crippen molar-refractivity contribution in [3.05, 3.63) is 46.1 Å². The molecule has 2 heterocycles. The molecule has 0 unspecified atom stereocenters. The number of thioether (sulfide) groups is 1. The molecule has 1 aliphatic carbocycles. The lowest BCUT2D eigenvalue weighted by Gasteiger charge is -2.36. The van der Waals surface area contributed by atoms with Crippen molar-refractivity contribution in [3.8, 4) is 11.5 Å². The Labute approximate surface area is 191 Å². The van der Waals surface area contributed by atoms with E-state index in [4.69, 9.17) is 14.2 Å². The molecule has 4 rings (SSSR count). The largest absolute Gasteiger partial charge is 0.497 e. The first-order chi connectivity index (χ1) is 15.5. The molecular formula is C23H27N3O5S. The average molecular weight is 458 g/mol. The fourth-order valence-corrected chi connectivity index (χ4v) is 4.82. The monoisotopic (exact) mass is 457 g/mol. The van der Waals surface area contributed by atoms with Gasteiger partial charge in [-0.25, -0.2) is 9.79 Å². The summed E-state index contributed by atoms with van der Waals surface area (Å²) in [6.45, 7) is 3.82. The molecule has 1 N–H and O–H groups in total. The van der Waals surface area contributed by atoms with Crippen LogP contribution in [0.25, 0.3) is 0 Å². The van der Waals surface area contributed by atoms with Gasteiger partial charge in [0.2, 0.25) is 5.91 Å². The summed E-state index contributed by atoms with van der Waals surface area (Å²) in [5.41, 5.74) is 2.50. The predicted molar refractivity (Wildman–Crippen MR) is 122 cm³/mol. The van der Waals surface area contributed by atoms with E-state index in [2.05, 4.69) is 10.3 Å². The Morgan fingerprint density at radius 3 is 2.69 bits per heavy atom. The Bertz CT molecular complexity index is 1030. The van der Waals surface area contributed by atoms with Crippen molar-refractivity contribution in [3.63, 3.8) is 0 Å². The number of nitrogens with one attached hydrogen (secondary N) is 1. The van der Waals surface area contributed by atoms with Crippen molar-refractivity contribution in [1.29, 1.82) is 0 Å². The molecule has 3 aliphatic rings. The summed E-state index contributed by atoms with van der Waals surface area (Å²) in [6, 6.07) is 5.17. The quantitative estimate of drug-likeness (QED) is 0.598. The van der Waals surface area contributed by atoms with Crippen LogP contribution in [-0.4, -0.2) is 48.8 Å². The molecule has 0 saturated heterocycles. The van der Waals surface area contributed by atoms with Gasteiger partial charge in [-0.2, -0.15) is 0 Å². The van der Waals surface area contributed by atoms with Crippen LogP contribution in [0.4, 0.5) is 0 Å². The highest BCUT2D eigenvalue weighted by molar-refractivity contribution is 8.16. The fraction of sp³-hybridized carbons (Fsp3) is 0.435. The number of nitrogens with zero attached hydrogens (tertiary/aromatic N) is 2. The van der Waals surface area contributed by atoms with Crippen LogP contribution in [0.3, 0.4) is 0 Å². The summed E-state index contributed by atoms with van der Waals surface area (Å²) >= 11 is 1.44. The number of hydrogen-bond acceptors (Lipinski definition) is 8. The SMILES string of the molecule is CCOC(=O)C1=C(C)N=C2SC=C(CC(=O)NC3CC3)N2[C@@H]1c1cc(OC)ccc1OC. The molecule has 1 fully saturated rings. The van der Waals surface area contributed by atoms with E-state index in [0.717, 1.165) is 24.1 Å². The lowest BCUT2D eigenvalue weighted by atomic mass is 9.92. The zero-order chi connectivity index (χ0) is 22.8. The second kappa shape index (κ2) is 9.28. The van der Waals surface area contributed by atoms with Crippen LogP contribution >= 0.6 is 11.8 Å². The number of fused-ring (bicyclic) bond motifs is 1. The highest BCUT2D eigenvalue weighted by atomic mass is 32.2. The molecule has 1 amide bonds. The number of allylic oxidation sites excluding steroid dienone is 1. The molecule has 0 aromatic heterocycles. The van der Waals surface area contributed by atoms with E-state index in [1.807, 2.05) is 22.4 Å². The number of amides is 1. The van der Waals surface area contributed by atoms with Crippen LogP contribution in [0.5, 0.6) is 11.5 Å². The molecule has 1 saturated carbocycles. The van der Waals surface area contributed by atoms with Gasteiger partial charge in [-0.3, -0.25) is 4.79 Å². The summed E-state index contributed by atoms with van der Waals surface area (Å²) in [5.74, 6) is 0.752. The van der Waals surface area contributed by atoms with Crippen LogP contribution in [0.15, 0.2) is 45.6 Å². The van der Waals surface area contributed by atoms with Gasteiger partial charge in [-0.1, -0.05) is 11.8 Å². The van der Waals surface area contributed by atoms with Crippen LogP contribution in [0.1, 0.15) is 44.7 Å². The van der Waals surface area contributed by atoms with Crippen molar-refractivity contribution < 1.29 is 23.8 Å². The van der Waals surface area contributed by atoms with E-state index in [0.29, 0.717) is 27.9 Å². The average Bonchev–Trinajstić information content (AvgIpc) is 3.51. The van der Waals surface area contributed by atoms with Gasteiger partial charge in [0.15, 0.2) is 5.17 Å². The number of aliphatic imine (C=N–C) groups is 1. The van der Waals surface area contributed by atoms with Crippen LogP contribution in [0, 0.1) is 0 Å². The first-order valence-corrected chi connectivity index (χ1v) is 11.5. The highest BCUT2D eigenvalue weighted by Gasteiger charge is 2.42. The third kappa shape index (κ3) is 4.34. The van der Waals surface area contributed by atoms with Crippen molar-refractivity contribution in [2.24, 2.45) is 4.99 Å². The third-order valence-electron chi connectivity index (χ3n) is 5.51. The van der Waals surface area contributed by atoms with Gasteiger partial charge >= 0.3 is 5.97 Å². The highest BCUT2D eigenvalue weighted by Crippen LogP contribution is 2.47. The maximum Gasteiger partial charge on any atom is 0.338 e. The zero-order valence-electron chi connectivity index (χ0n) is 18.6. The van der Waals surface area contributed by atoms with Crippen molar-refractivity contribution in [2.75, 3.05) is 20.8 Å². The maximum atomic E-state index is 13.1. The van der Waals surface area contributed by atoms with Crippen LogP contribution in [-0.2, 0) is 14.3 Å². The molecule has 1 aromatic carbocycles. The molecule has 1 atom stereocenters. The second-order valence-electron chi connectivity index (χ2n) is 7.74. The fourth-order valence-electron chi connectivity index (χ4n) is 3.86. The number of benzene rings is 1. The van der Waals surface area contributed by atoms with Crippen molar-refractivity contribution >= 4 is 28.8 Å². The lowest BCUT2D eigenvalue weighted by molar-refractivity contribution is -0.139. The Morgan fingerprint density at radius 2 is 2.03 bits per heavy atom. The molecule has 0 spiro atoms. The molecule has 32 heavy (non-hydrogen) atoms. The number of hydrogen-bond donors (Lipinski definition) is 1. The van der Waals surface area contributed by atoms with Crippen LogP contribution in [0.2, 0.25) is 0 Å². The van der Waals surface area contributed by atoms with Gasteiger partial charge in [0.1, 0.15) is 11.5 Å². The number of carbonyl (C=O) groups is 2. The van der Waals surface area contributed by atoms with Gasteiger partial charge in [-0.05, 0) is 50.3 Å². The van der Waals surface area contributed by atoms with Gasteiger partial charge in [-0.15, -0.1) is 0 Å². The smallest absolute Gasteiger partial charge is 0.338 e. The number of methoxy groups -OCH3 is 2. The first kappa shape index (κ1) is 22.3. The number of ether oxygens (including phenoxy) is 3. The summed E-state index contributed by atoms with van der Waals surface area (Å²) < 4.78 is 16.5. The topological polar surface area (TPSA) is 89.5 Å². The number of carbonyl (C=O) groups excluding carboxylic acids is 2. The Kier molecular flexibility index (Phi) is 6.45. The van der Waals surface area contributed by atoms with E-state index >= 15 is 0 Å². The standard InChI is InChI=1S/C23H27N3O5S/c1-5-31-22(28)20-13(2)24-23-26(15(12-32-23)10-19(27)25-14-6-7-14)21(20)17-11-16(29-3)8-9-18(17)30-4/h8-9,11-12,14,21H,5-7,10H2,1-4H3,(H,25,27)/t21-/m1/s1. The van der Waals surface area contributed by atoms with Gasteiger partial charge in [0, 0.05) is 17.3 Å². The summed E-state index contributed by atoms with van der Waals surface area (Å²) in [6.07, 6.45) is 2.24. The van der Waals surface area contributed by atoms with E-state index in [1.54, 1.807) is 34.1 Å². The van der Waals surface area contributed by atoms with E-state index < -0.39 is 12.0 Å². The second-order valence-corrected chi connectivity index (χ2v) is 8.58. The molecule has 0 bridgehead atoms. The number of esters is 1. The van der Waals surface area contributed by atoms with E-state index in [1.165, 1.54) is 11.8 Å². The zero-order valence-corrected chi connectivity index (χ0v) is 19.5. The Balaban J connectivity index is 1.79. The summed E-state index contributed by atoms with van der Waals surface area (Å²) in [7, 11) is 3.17.